The number of halogens is 2. The summed E-state index contributed by atoms with van der Waals surface area (Å²) in [6, 6.07) is 7.24. The van der Waals surface area contributed by atoms with Crippen LogP contribution in [0.3, 0.4) is 0 Å². The minimum Gasteiger partial charge on any atom is -0.495 e. The first-order valence-electron chi connectivity index (χ1n) is 8.90. The molecule has 3 amide bonds. The van der Waals surface area contributed by atoms with Crippen molar-refractivity contribution in [1.82, 2.24) is 5.32 Å². The molecule has 9 heteroatoms. The van der Waals surface area contributed by atoms with Crippen molar-refractivity contribution in [1.29, 1.82) is 0 Å². The zero-order valence-corrected chi connectivity index (χ0v) is 15.6. The summed E-state index contributed by atoms with van der Waals surface area (Å²) in [5.74, 6) is -2.62. The number of benzene rings is 2. The fourth-order valence-electron chi connectivity index (χ4n) is 3.03. The summed E-state index contributed by atoms with van der Waals surface area (Å²) in [5, 5.41) is 4.91. The van der Waals surface area contributed by atoms with Crippen molar-refractivity contribution in [2.24, 2.45) is 0 Å². The molecular formula is C20H19F2N3O4. The molecule has 0 aliphatic carbocycles. The van der Waals surface area contributed by atoms with E-state index in [1.54, 1.807) is 23.1 Å². The summed E-state index contributed by atoms with van der Waals surface area (Å²) >= 11 is 0. The van der Waals surface area contributed by atoms with Crippen molar-refractivity contribution in [3.05, 3.63) is 53.6 Å². The van der Waals surface area contributed by atoms with E-state index in [0.29, 0.717) is 36.2 Å². The SMILES string of the molecule is COc1ccc(NC(=O)CNC(=O)c2cc(F)cc(F)c2)cc1N1CCCC1=O. The van der Waals surface area contributed by atoms with Gasteiger partial charge in [-0.3, -0.25) is 14.4 Å². The van der Waals surface area contributed by atoms with Gasteiger partial charge in [-0.1, -0.05) is 0 Å². The number of rotatable bonds is 6. The first-order chi connectivity index (χ1) is 13.9. The molecule has 0 aromatic heterocycles. The third kappa shape index (κ3) is 4.87. The van der Waals surface area contributed by atoms with E-state index >= 15 is 0 Å². The van der Waals surface area contributed by atoms with Gasteiger partial charge in [-0.05, 0) is 36.8 Å². The molecule has 0 atom stereocenters. The highest BCUT2D eigenvalue weighted by atomic mass is 19.1. The molecule has 7 nitrogen and oxygen atoms in total. The lowest BCUT2D eigenvalue weighted by Gasteiger charge is -2.20. The van der Waals surface area contributed by atoms with Gasteiger partial charge in [-0.15, -0.1) is 0 Å². The standard InChI is InChI=1S/C20H19F2N3O4/c1-29-17-5-4-15(10-16(17)25-6-2-3-19(25)27)24-18(26)11-23-20(28)12-7-13(21)9-14(22)8-12/h4-5,7-10H,2-3,6,11H2,1H3,(H,23,28)(H,24,26). The van der Waals surface area contributed by atoms with Gasteiger partial charge in [0.25, 0.3) is 5.91 Å². The van der Waals surface area contributed by atoms with Crippen LogP contribution in [0.4, 0.5) is 20.2 Å². The van der Waals surface area contributed by atoms with Gasteiger partial charge in [0, 0.05) is 30.3 Å². The van der Waals surface area contributed by atoms with Gasteiger partial charge in [-0.2, -0.15) is 0 Å². The topological polar surface area (TPSA) is 87.7 Å². The van der Waals surface area contributed by atoms with Crippen LogP contribution in [0.15, 0.2) is 36.4 Å². The number of hydrogen-bond acceptors (Lipinski definition) is 4. The summed E-state index contributed by atoms with van der Waals surface area (Å²) in [4.78, 5) is 37.7. The van der Waals surface area contributed by atoms with Crippen molar-refractivity contribution < 1.29 is 27.9 Å². The number of nitrogens with zero attached hydrogens (tertiary/aromatic N) is 1. The summed E-state index contributed by atoms with van der Waals surface area (Å²) in [5.41, 5.74) is 0.734. The minimum atomic E-state index is -0.887. The number of anilines is 2. The van der Waals surface area contributed by atoms with Crippen LogP contribution in [0.25, 0.3) is 0 Å². The van der Waals surface area contributed by atoms with Gasteiger partial charge in [-0.25, -0.2) is 8.78 Å². The monoisotopic (exact) mass is 403 g/mol. The summed E-state index contributed by atoms with van der Waals surface area (Å²) in [6.45, 7) is 0.161. The van der Waals surface area contributed by atoms with Crippen molar-refractivity contribution in [2.75, 3.05) is 30.4 Å². The zero-order valence-electron chi connectivity index (χ0n) is 15.6. The Morgan fingerprint density at radius 2 is 1.86 bits per heavy atom. The molecule has 1 aliphatic heterocycles. The average Bonchev–Trinajstić information content (AvgIpc) is 3.11. The molecule has 1 aliphatic rings. The fourth-order valence-corrected chi connectivity index (χ4v) is 3.03. The molecule has 2 aromatic rings. The highest BCUT2D eigenvalue weighted by Crippen LogP contribution is 2.33. The van der Waals surface area contributed by atoms with E-state index < -0.39 is 30.0 Å². The molecule has 0 bridgehead atoms. The third-order valence-electron chi connectivity index (χ3n) is 4.36. The van der Waals surface area contributed by atoms with Gasteiger partial charge < -0.3 is 20.3 Å². The molecule has 2 N–H and O–H groups in total. The number of nitrogens with one attached hydrogen (secondary N) is 2. The average molecular weight is 403 g/mol. The van der Waals surface area contributed by atoms with Crippen molar-refractivity contribution in [2.45, 2.75) is 12.8 Å². The molecule has 0 unspecified atom stereocenters. The maximum absolute atomic E-state index is 13.2. The Kier molecular flexibility index (Phi) is 6.06. The molecule has 29 heavy (non-hydrogen) atoms. The lowest BCUT2D eigenvalue weighted by atomic mass is 10.2. The van der Waals surface area contributed by atoms with Crippen LogP contribution in [0.2, 0.25) is 0 Å². The van der Waals surface area contributed by atoms with E-state index in [-0.39, 0.29) is 11.5 Å². The largest absolute Gasteiger partial charge is 0.495 e. The maximum Gasteiger partial charge on any atom is 0.251 e. The van der Waals surface area contributed by atoms with Crippen LogP contribution in [-0.2, 0) is 9.59 Å². The number of carbonyl (C=O) groups is 3. The normalized spacial score (nSPS) is 13.3. The predicted molar refractivity (Wildman–Crippen MR) is 102 cm³/mol. The second kappa shape index (κ2) is 8.68. The van der Waals surface area contributed by atoms with Crippen molar-refractivity contribution >= 4 is 29.1 Å². The third-order valence-corrected chi connectivity index (χ3v) is 4.36. The molecule has 0 saturated carbocycles. The Hall–Kier alpha value is -3.49. The van der Waals surface area contributed by atoms with Crippen LogP contribution in [0.1, 0.15) is 23.2 Å². The van der Waals surface area contributed by atoms with Crippen LogP contribution in [0.5, 0.6) is 5.75 Å². The van der Waals surface area contributed by atoms with Gasteiger partial charge in [0.15, 0.2) is 0 Å². The predicted octanol–water partition coefficient (Wildman–Crippen LogP) is 2.47. The van der Waals surface area contributed by atoms with Crippen LogP contribution >= 0.6 is 0 Å². The summed E-state index contributed by atoms with van der Waals surface area (Å²) in [6.07, 6.45) is 1.19. The lowest BCUT2D eigenvalue weighted by Crippen LogP contribution is -2.33. The van der Waals surface area contributed by atoms with Crippen molar-refractivity contribution in [3.8, 4) is 5.75 Å². The van der Waals surface area contributed by atoms with E-state index in [1.165, 1.54) is 7.11 Å². The Morgan fingerprint density at radius 1 is 1.14 bits per heavy atom. The van der Waals surface area contributed by atoms with Crippen LogP contribution in [-0.4, -0.2) is 37.9 Å². The highest BCUT2D eigenvalue weighted by molar-refractivity contribution is 6.01. The zero-order chi connectivity index (χ0) is 21.0. The molecule has 1 fully saturated rings. The Labute approximate surface area is 165 Å². The quantitative estimate of drug-likeness (QED) is 0.776. The Balaban J connectivity index is 1.64. The summed E-state index contributed by atoms with van der Waals surface area (Å²) in [7, 11) is 1.49. The first kappa shape index (κ1) is 20.2. The van der Waals surface area contributed by atoms with Gasteiger partial charge in [0.05, 0.1) is 19.3 Å². The minimum absolute atomic E-state index is 0.0265. The lowest BCUT2D eigenvalue weighted by molar-refractivity contribution is -0.117. The molecular weight excluding hydrogens is 384 g/mol. The van der Waals surface area contributed by atoms with Crippen LogP contribution < -0.4 is 20.3 Å². The van der Waals surface area contributed by atoms with E-state index in [4.69, 9.17) is 4.74 Å². The number of carbonyl (C=O) groups excluding carboxylic acids is 3. The Bertz CT molecular complexity index is 944. The molecule has 1 saturated heterocycles. The molecule has 0 spiro atoms. The maximum atomic E-state index is 13.2. The smallest absolute Gasteiger partial charge is 0.251 e. The second-order valence-corrected chi connectivity index (χ2v) is 6.42. The van der Waals surface area contributed by atoms with Crippen LogP contribution in [0, 0.1) is 11.6 Å². The number of methoxy groups -OCH3 is 1. The van der Waals surface area contributed by atoms with Gasteiger partial charge in [0.2, 0.25) is 11.8 Å². The fraction of sp³-hybridized carbons (Fsp3) is 0.250. The van der Waals surface area contributed by atoms with E-state index in [1.807, 2.05) is 0 Å². The highest BCUT2D eigenvalue weighted by Gasteiger charge is 2.25. The number of amides is 3. The first-order valence-corrected chi connectivity index (χ1v) is 8.90. The molecule has 152 valence electrons. The van der Waals surface area contributed by atoms with Gasteiger partial charge in [0.1, 0.15) is 17.4 Å². The second-order valence-electron chi connectivity index (χ2n) is 6.42. The number of hydrogen-bond donors (Lipinski definition) is 2. The molecule has 1 heterocycles. The number of ether oxygens (including phenoxy) is 1. The molecule has 0 radical (unpaired) electrons. The van der Waals surface area contributed by atoms with Gasteiger partial charge >= 0.3 is 0 Å². The van der Waals surface area contributed by atoms with E-state index in [0.717, 1.165) is 18.6 Å². The summed E-state index contributed by atoms with van der Waals surface area (Å²) < 4.78 is 31.7. The van der Waals surface area contributed by atoms with E-state index in [2.05, 4.69) is 10.6 Å². The molecule has 3 rings (SSSR count). The molecule has 2 aromatic carbocycles. The Morgan fingerprint density at radius 3 is 2.48 bits per heavy atom. The van der Waals surface area contributed by atoms with E-state index in [9.17, 15) is 23.2 Å². The van der Waals surface area contributed by atoms with Crippen molar-refractivity contribution in [3.63, 3.8) is 0 Å².